The van der Waals surface area contributed by atoms with Crippen LogP contribution in [0.4, 0.5) is 0 Å². The Balaban J connectivity index is 1.59. The molecule has 1 aromatic carbocycles. The molecule has 1 aliphatic rings. The van der Waals surface area contributed by atoms with Gasteiger partial charge in [0, 0.05) is 23.5 Å². The van der Waals surface area contributed by atoms with Crippen molar-refractivity contribution in [2.45, 2.75) is 32.3 Å². The van der Waals surface area contributed by atoms with Crippen LogP contribution in [0.2, 0.25) is 0 Å². The topological polar surface area (TPSA) is 100 Å². The lowest BCUT2D eigenvalue weighted by Gasteiger charge is -2.13. The summed E-state index contributed by atoms with van der Waals surface area (Å²) in [6.07, 6.45) is 5.61. The highest BCUT2D eigenvalue weighted by Crippen LogP contribution is 2.33. The molecule has 1 aliphatic carbocycles. The summed E-state index contributed by atoms with van der Waals surface area (Å²) < 4.78 is 11.5. The number of fused-ring (bicyclic) bond motifs is 1. The number of benzene rings is 1. The lowest BCUT2D eigenvalue weighted by molar-refractivity contribution is -0.123. The van der Waals surface area contributed by atoms with Gasteiger partial charge in [0.1, 0.15) is 11.5 Å². The minimum atomic E-state index is -0.695. The molecular formula is C21H20N4O3. The second kappa shape index (κ2) is 7.64. The van der Waals surface area contributed by atoms with Crippen molar-refractivity contribution < 1.29 is 14.3 Å². The molecule has 4 rings (SSSR count). The number of primary amides is 1. The normalized spacial score (nSPS) is 13.6. The molecule has 0 aliphatic heterocycles. The SMILES string of the molecule is CC(Oc1ccc(Oc2nc(-c3ccncc3)nc3c2CCC3)cc1)C(N)=O. The number of pyridine rings is 1. The van der Waals surface area contributed by atoms with Crippen LogP contribution in [0.5, 0.6) is 17.4 Å². The minimum absolute atomic E-state index is 0.513. The maximum Gasteiger partial charge on any atom is 0.258 e. The number of rotatable bonds is 6. The molecule has 28 heavy (non-hydrogen) atoms. The molecule has 142 valence electrons. The van der Waals surface area contributed by atoms with Gasteiger partial charge in [-0.1, -0.05) is 0 Å². The number of hydrogen-bond donors (Lipinski definition) is 1. The molecule has 0 radical (unpaired) electrons. The number of aromatic nitrogens is 3. The van der Waals surface area contributed by atoms with E-state index in [9.17, 15) is 4.79 Å². The molecular weight excluding hydrogens is 356 g/mol. The summed E-state index contributed by atoms with van der Waals surface area (Å²) in [7, 11) is 0. The second-order valence-electron chi connectivity index (χ2n) is 6.60. The summed E-state index contributed by atoms with van der Waals surface area (Å²) in [5.74, 6) is 1.87. The second-order valence-corrected chi connectivity index (χ2v) is 6.60. The van der Waals surface area contributed by atoms with Gasteiger partial charge < -0.3 is 15.2 Å². The van der Waals surface area contributed by atoms with Crippen LogP contribution in [-0.4, -0.2) is 27.0 Å². The van der Waals surface area contributed by atoms with Crippen molar-refractivity contribution in [1.29, 1.82) is 0 Å². The predicted molar refractivity (Wildman–Crippen MR) is 103 cm³/mol. The van der Waals surface area contributed by atoms with Gasteiger partial charge in [-0.25, -0.2) is 4.98 Å². The van der Waals surface area contributed by atoms with Crippen LogP contribution in [0.15, 0.2) is 48.8 Å². The molecule has 7 nitrogen and oxygen atoms in total. The number of nitrogens with zero attached hydrogens (tertiary/aromatic N) is 3. The molecule has 1 amide bonds. The number of carbonyl (C=O) groups excluding carboxylic acids is 1. The molecule has 0 spiro atoms. The lowest BCUT2D eigenvalue weighted by atomic mass is 10.2. The Hall–Kier alpha value is -3.48. The van der Waals surface area contributed by atoms with Crippen molar-refractivity contribution in [3.8, 4) is 28.8 Å². The van der Waals surface area contributed by atoms with Gasteiger partial charge in [0.25, 0.3) is 5.91 Å². The van der Waals surface area contributed by atoms with Crippen molar-refractivity contribution in [3.05, 3.63) is 60.0 Å². The summed E-state index contributed by atoms with van der Waals surface area (Å²) in [5, 5.41) is 0. The van der Waals surface area contributed by atoms with Gasteiger partial charge in [-0.05, 0) is 62.6 Å². The summed E-state index contributed by atoms with van der Waals surface area (Å²) in [4.78, 5) is 24.5. The molecule has 0 saturated heterocycles. The Morgan fingerprint density at radius 3 is 2.46 bits per heavy atom. The smallest absolute Gasteiger partial charge is 0.258 e. The van der Waals surface area contributed by atoms with E-state index in [2.05, 4.69) is 9.97 Å². The molecule has 1 atom stereocenters. The third-order valence-electron chi connectivity index (χ3n) is 4.59. The zero-order valence-corrected chi connectivity index (χ0v) is 15.5. The lowest BCUT2D eigenvalue weighted by Crippen LogP contribution is -2.30. The Labute approximate surface area is 162 Å². The van der Waals surface area contributed by atoms with E-state index in [1.54, 1.807) is 43.6 Å². The number of amides is 1. The van der Waals surface area contributed by atoms with Crippen molar-refractivity contribution in [1.82, 2.24) is 15.0 Å². The molecule has 2 heterocycles. The molecule has 0 bridgehead atoms. The van der Waals surface area contributed by atoms with Crippen LogP contribution >= 0.6 is 0 Å². The number of carbonyl (C=O) groups is 1. The van der Waals surface area contributed by atoms with Crippen LogP contribution in [0.3, 0.4) is 0 Å². The third-order valence-corrected chi connectivity index (χ3v) is 4.59. The van der Waals surface area contributed by atoms with Gasteiger partial charge in [-0.3, -0.25) is 9.78 Å². The number of ether oxygens (including phenoxy) is 2. The monoisotopic (exact) mass is 376 g/mol. The van der Waals surface area contributed by atoms with E-state index in [0.717, 1.165) is 36.1 Å². The summed E-state index contributed by atoms with van der Waals surface area (Å²) in [5.41, 5.74) is 8.22. The molecule has 3 aromatic rings. The zero-order valence-electron chi connectivity index (χ0n) is 15.5. The molecule has 0 saturated carbocycles. The van der Waals surface area contributed by atoms with Crippen LogP contribution < -0.4 is 15.2 Å². The molecule has 7 heteroatoms. The Bertz CT molecular complexity index is 991. The minimum Gasteiger partial charge on any atom is -0.481 e. The van der Waals surface area contributed by atoms with Crippen LogP contribution in [0.25, 0.3) is 11.4 Å². The van der Waals surface area contributed by atoms with Gasteiger partial charge >= 0.3 is 0 Å². The number of hydrogen-bond acceptors (Lipinski definition) is 6. The maximum absolute atomic E-state index is 11.1. The first kappa shape index (κ1) is 17.9. The predicted octanol–water partition coefficient (Wildman–Crippen LogP) is 3.07. The van der Waals surface area contributed by atoms with E-state index in [4.69, 9.17) is 20.2 Å². The van der Waals surface area contributed by atoms with Crippen LogP contribution in [-0.2, 0) is 17.6 Å². The molecule has 1 unspecified atom stereocenters. The van der Waals surface area contributed by atoms with E-state index in [-0.39, 0.29) is 0 Å². The van der Waals surface area contributed by atoms with E-state index < -0.39 is 12.0 Å². The largest absolute Gasteiger partial charge is 0.481 e. The fourth-order valence-electron chi connectivity index (χ4n) is 3.07. The Kier molecular flexibility index (Phi) is 4.89. The first-order valence-electron chi connectivity index (χ1n) is 9.14. The van der Waals surface area contributed by atoms with E-state index in [1.165, 1.54) is 0 Å². The summed E-state index contributed by atoms with van der Waals surface area (Å²) >= 11 is 0. The van der Waals surface area contributed by atoms with Gasteiger partial charge in [-0.15, -0.1) is 0 Å². The van der Waals surface area contributed by atoms with Gasteiger partial charge in [0.15, 0.2) is 11.9 Å². The van der Waals surface area contributed by atoms with Crippen molar-refractivity contribution in [3.63, 3.8) is 0 Å². The molecule has 2 aromatic heterocycles. The quantitative estimate of drug-likeness (QED) is 0.710. The summed E-state index contributed by atoms with van der Waals surface area (Å²) in [6, 6.07) is 10.8. The Morgan fingerprint density at radius 1 is 1.04 bits per heavy atom. The standard InChI is InChI=1S/C21H20N4O3/c1-13(19(22)26)27-15-5-7-16(8-6-15)28-21-17-3-2-4-18(17)24-20(25-21)14-9-11-23-12-10-14/h5-13H,2-4H2,1H3,(H2,22,26). The van der Waals surface area contributed by atoms with Crippen molar-refractivity contribution in [2.24, 2.45) is 5.73 Å². The van der Waals surface area contributed by atoms with Crippen molar-refractivity contribution in [2.75, 3.05) is 0 Å². The fraction of sp³-hybridized carbons (Fsp3) is 0.238. The average Bonchev–Trinajstić information content (AvgIpc) is 3.19. The van der Waals surface area contributed by atoms with E-state index in [1.807, 2.05) is 12.1 Å². The third kappa shape index (κ3) is 3.78. The molecule has 2 N–H and O–H groups in total. The van der Waals surface area contributed by atoms with Crippen molar-refractivity contribution >= 4 is 5.91 Å². The van der Waals surface area contributed by atoms with Gasteiger partial charge in [-0.2, -0.15) is 4.98 Å². The number of aryl methyl sites for hydroxylation is 1. The van der Waals surface area contributed by atoms with Crippen LogP contribution in [0, 0.1) is 0 Å². The highest BCUT2D eigenvalue weighted by molar-refractivity contribution is 5.78. The van der Waals surface area contributed by atoms with E-state index in [0.29, 0.717) is 23.2 Å². The highest BCUT2D eigenvalue weighted by atomic mass is 16.5. The average molecular weight is 376 g/mol. The van der Waals surface area contributed by atoms with Gasteiger partial charge in [0.05, 0.1) is 5.69 Å². The van der Waals surface area contributed by atoms with Gasteiger partial charge in [0.2, 0.25) is 5.88 Å². The summed E-state index contributed by atoms with van der Waals surface area (Å²) in [6.45, 7) is 1.61. The zero-order chi connectivity index (χ0) is 19.5. The number of nitrogens with two attached hydrogens (primary N) is 1. The molecule has 0 fully saturated rings. The first-order chi connectivity index (χ1) is 13.6. The Morgan fingerprint density at radius 2 is 1.75 bits per heavy atom. The maximum atomic E-state index is 11.1. The first-order valence-corrected chi connectivity index (χ1v) is 9.14. The van der Waals surface area contributed by atoms with E-state index >= 15 is 0 Å². The fourth-order valence-corrected chi connectivity index (χ4v) is 3.07. The highest BCUT2D eigenvalue weighted by Gasteiger charge is 2.21. The van der Waals surface area contributed by atoms with Crippen LogP contribution in [0.1, 0.15) is 24.6 Å².